The van der Waals surface area contributed by atoms with Crippen molar-refractivity contribution in [3.8, 4) is 0 Å². The van der Waals surface area contributed by atoms with E-state index in [-0.39, 0.29) is 0 Å². The van der Waals surface area contributed by atoms with E-state index in [1.807, 2.05) is 20.0 Å². The van der Waals surface area contributed by atoms with Crippen LogP contribution in [0, 0.1) is 6.92 Å². The molecule has 0 aliphatic heterocycles. The van der Waals surface area contributed by atoms with Gasteiger partial charge in [-0.15, -0.1) is 0 Å². The van der Waals surface area contributed by atoms with E-state index in [9.17, 15) is 5.11 Å². The molecular formula is C12H16N4O. The lowest BCUT2D eigenvalue weighted by Crippen LogP contribution is -2.04. The topological polar surface area (TPSA) is 77.0 Å². The molecule has 0 amide bonds. The zero-order valence-corrected chi connectivity index (χ0v) is 9.96. The van der Waals surface area contributed by atoms with E-state index in [2.05, 4.69) is 10.1 Å². The molecule has 5 nitrogen and oxygen atoms in total. The second-order valence-electron chi connectivity index (χ2n) is 4.12. The number of nitrogens with two attached hydrogens (primary N) is 1. The summed E-state index contributed by atoms with van der Waals surface area (Å²) in [5.41, 5.74) is 8.39. The summed E-state index contributed by atoms with van der Waals surface area (Å²) in [4.78, 5) is 3.92. The van der Waals surface area contributed by atoms with Gasteiger partial charge in [0, 0.05) is 30.9 Å². The number of rotatable bonds is 3. The van der Waals surface area contributed by atoms with Crippen molar-refractivity contribution in [2.75, 3.05) is 5.73 Å². The van der Waals surface area contributed by atoms with Gasteiger partial charge in [-0.3, -0.25) is 4.68 Å². The van der Waals surface area contributed by atoms with Crippen molar-refractivity contribution in [2.45, 2.75) is 19.4 Å². The SMILES string of the molecule is Cc1c(C(O)Cc2ccnc(N)c2)cnn1C. The van der Waals surface area contributed by atoms with Crippen LogP contribution in [0.4, 0.5) is 5.82 Å². The zero-order valence-electron chi connectivity index (χ0n) is 9.96. The molecule has 0 spiro atoms. The second-order valence-corrected chi connectivity index (χ2v) is 4.12. The van der Waals surface area contributed by atoms with E-state index in [4.69, 9.17) is 5.73 Å². The van der Waals surface area contributed by atoms with Gasteiger partial charge in [-0.1, -0.05) is 0 Å². The molecule has 0 saturated carbocycles. The van der Waals surface area contributed by atoms with Gasteiger partial charge in [0.25, 0.3) is 0 Å². The molecule has 2 heterocycles. The van der Waals surface area contributed by atoms with Crippen LogP contribution in [0.15, 0.2) is 24.5 Å². The molecule has 5 heteroatoms. The number of nitrogen functional groups attached to an aromatic ring is 1. The summed E-state index contributed by atoms with van der Waals surface area (Å²) in [6, 6.07) is 3.63. The molecule has 0 bridgehead atoms. The Hall–Kier alpha value is -1.88. The number of nitrogens with zero attached hydrogens (tertiary/aromatic N) is 3. The lowest BCUT2D eigenvalue weighted by Gasteiger charge is -2.10. The molecule has 2 aromatic heterocycles. The molecule has 3 N–H and O–H groups in total. The molecule has 2 rings (SSSR count). The van der Waals surface area contributed by atoms with Crippen molar-refractivity contribution in [3.05, 3.63) is 41.3 Å². The molecule has 0 aliphatic carbocycles. The van der Waals surface area contributed by atoms with Gasteiger partial charge in [-0.2, -0.15) is 5.10 Å². The second kappa shape index (κ2) is 4.55. The molecule has 0 fully saturated rings. The van der Waals surface area contributed by atoms with Crippen molar-refractivity contribution >= 4 is 5.82 Å². The standard InChI is InChI=1S/C12H16N4O/c1-8-10(7-15-16(8)2)11(17)5-9-3-4-14-12(13)6-9/h3-4,6-7,11,17H,5H2,1-2H3,(H2,13,14). The summed E-state index contributed by atoms with van der Waals surface area (Å²) in [6.45, 7) is 1.94. The van der Waals surface area contributed by atoms with Crippen LogP contribution < -0.4 is 5.73 Å². The van der Waals surface area contributed by atoms with Crippen LogP contribution in [-0.4, -0.2) is 19.9 Å². The monoisotopic (exact) mass is 232 g/mol. The molecule has 0 aliphatic rings. The average Bonchev–Trinajstić information content (AvgIpc) is 2.60. The van der Waals surface area contributed by atoms with Gasteiger partial charge in [0.15, 0.2) is 0 Å². The van der Waals surface area contributed by atoms with Crippen LogP contribution in [0.2, 0.25) is 0 Å². The maximum absolute atomic E-state index is 10.1. The molecule has 0 saturated heterocycles. The minimum Gasteiger partial charge on any atom is -0.388 e. The highest BCUT2D eigenvalue weighted by Crippen LogP contribution is 2.21. The fraction of sp³-hybridized carbons (Fsp3) is 0.333. The van der Waals surface area contributed by atoms with Crippen molar-refractivity contribution in [1.82, 2.24) is 14.8 Å². The maximum atomic E-state index is 10.1. The number of aliphatic hydroxyl groups is 1. The smallest absolute Gasteiger partial charge is 0.123 e. The van der Waals surface area contributed by atoms with Gasteiger partial charge in [-0.25, -0.2) is 4.98 Å². The molecule has 0 radical (unpaired) electrons. The Morgan fingerprint density at radius 2 is 2.29 bits per heavy atom. The Morgan fingerprint density at radius 3 is 2.88 bits per heavy atom. The number of pyridine rings is 1. The lowest BCUT2D eigenvalue weighted by molar-refractivity contribution is 0.177. The van der Waals surface area contributed by atoms with Crippen molar-refractivity contribution in [1.29, 1.82) is 0 Å². The van der Waals surface area contributed by atoms with E-state index >= 15 is 0 Å². The van der Waals surface area contributed by atoms with Crippen LogP contribution in [0.3, 0.4) is 0 Å². The minimum absolute atomic E-state index is 0.470. The third-order valence-corrected chi connectivity index (χ3v) is 2.91. The third kappa shape index (κ3) is 2.45. The third-order valence-electron chi connectivity index (χ3n) is 2.91. The number of aliphatic hydroxyl groups excluding tert-OH is 1. The average molecular weight is 232 g/mol. The predicted octanol–water partition coefficient (Wildman–Crippen LogP) is 0.982. The van der Waals surface area contributed by atoms with Crippen LogP contribution in [-0.2, 0) is 13.5 Å². The quantitative estimate of drug-likeness (QED) is 0.827. The summed E-state index contributed by atoms with van der Waals surface area (Å²) in [6.07, 6.45) is 3.29. The van der Waals surface area contributed by atoms with Gasteiger partial charge >= 0.3 is 0 Å². The highest BCUT2D eigenvalue weighted by atomic mass is 16.3. The van der Waals surface area contributed by atoms with E-state index in [0.717, 1.165) is 16.8 Å². The Labute approximate surface area is 99.9 Å². The molecule has 17 heavy (non-hydrogen) atoms. The fourth-order valence-electron chi connectivity index (χ4n) is 1.80. The highest BCUT2D eigenvalue weighted by Gasteiger charge is 2.14. The molecular weight excluding hydrogens is 216 g/mol. The van der Waals surface area contributed by atoms with Crippen LogP contribution in [0.25, 0.3) is 0 Å². The summed E-state index contributed by atoms with van der Waals surface area (Å²) < 4.78 is 1.75. The van der Waals surface area contributed by atoms with Gasteiger partial charge in [0.2, 0.25) is 0 Å². The maximum Gasteiger partial charge on any atom is 0.123 e. The Bertz CT molecular complexity index is 521. The summed E-state index contributed by atoms with van der Waals surface area (Å²) in [5.74, 6) is 0.470. The molecule has 0 aromatic carbocycles. The van der Waals surface area contributed by atoms with Crippen molar-refractivity contribution in [2.24, 2.45) is 7.05 Å². The van der Waals surface area contributed by atoms with Crippen molar-refractivity contribution < 1.29 is 5.11 Å². The number of hydrogen-bond acceptors (Lipinski definition) is 4. The first-order valence-corrected chi connectivity index (χ1v) is 5.45. The number of aromatic nitrogens is 3. The number of hydrogen-bond donors (Lipinski definition) is 2. The largest absolute Gasteiger partial charge is 0.388 e. The molecule has 2 aromatic rings. The normalized spacial score (nSPS) is 12.6. The Balaban J connectivity index is 2.17. The van der Waals surface area contributed by atoms with E-state index < -0.39 is 6.10 Å². The first-order valence-electron chi connectivity index (χ1n) is 5.45. The first kappa shape index (κ1) is 11.6. The van der Waals surface area contributed by atoms with Crippen molar-refractivity contribution in [3.63, 3.8) is 0 Å². The Morgan fingerprint density at radius 1 is 1.53 bits per heavy atom. The Kier molecular flexibility index (Phi) is 3.10. The molecule has 90 valence electrons. The van der Waals surface area contributed by atoms with Gasteiger partial charge in [0.1, 0.15) is 5.82 Å². The van der Waals surface area contributed by atoms with Crippen LogP contribution in [0.5, 0.6) is 0 Å². The van der Waals surface area contributed by atoms with E-state index in [1.54, 1.807) is 23.1 Å². The zero-order chi connectivity index (χ0) is 12.4. The van der Waals surface area contributed by atoms with Gasteiger partial charge < -0.3 is 10.8 Å². The fourth-order valence-corrected chi connectivity index (χ4v) is 1.80. The highest BCUT2D eigenvalue weighted by molar-refractivity contribution is 5.33. The van der Waals surface area contributed by atoms with E-state index in [0.29, 0.717) is 12.2 Å². The van der Waals surface area contributed by atoms with E-state index in [1.165, 1.54) is 0 Å². The van der Waals surface area contributed by atoms with Crippen LogP contribution >= 0.6 is 0 Å². The van der Waals surface area contributed by atoms with Gasteiger partial charge in [-0.05, 0) is 24.6 Å². The van der Waals surface area contributed by atoms with Gasteiger partial charge in [0.05, 0.1) is 12.3 Å². The number of aryl methyl sites for hydroxylation is 1. The molecule has 1 unspecified atom stereocenters. The van der Waals surface area contributed by atoms with Crippen LogP contribution in [0.1, 0.15) is 22.9 Å². The molecule has 1 atom stereocenters. The minimum atomic E-state index is -0.564. The summed E-state index contributed by atoms with van der Waals surface area (Å²) >= 11 is 0. The predicted molar refractivity (Wildman–Crippen MR) is 65.3 cm³/mol. The summed E-state index contributed by atoms with van der Waals surface area (Å²) in [5, 5.41) is 14.3. The number of anilines is 1. The summed E-state index contributed by atoms with van der Waals surface area (Å²) in [7, 11) is 1.86. The lowest BCUT2D eigenvalue weighted by atomic mass is 10.0. The first-order chi connectivity index (χ1) is 8.08.